The summed E-state index contributed by atoms with van der Waals surface area (Å²) < 4.78 is 0. The van der Waals surface area contributed by atoms with Crippen LogP contribution in [0.5, 0.6) is 0 Å². The van der Waals surface area contributed by atoms with E-state index in [1.807, 2.05) is 7.05 Å². The van der Waals surface area contributed by atoms with E-state index in [0.717, 1.165) is 6.04 Å². The third-order valence-electron chi connectivity index (χ3n) is 3.34. The van der Waals surface area contributed by atoms with Crippen LogP contribution in [0.1, 0.15) is 40.5 Å². The average Bonchev–Trinajstić information content (AvgIpc) is 2.17. The molecule has 0 aromatic carbocycles. The maximum atomic E-state index is 3.31. The molecule has 0 bridgehead atoms. The zero-order valence-corrected chi connectivity index (χ0v) is 10.1. The van der Waals surface area contributed by atoms with Crippen LogP contribution >= 0.6 is 0 Å². The minimum absolute atomic E-state index is 0.561. The smallest absolute Gasteiger partial charge is 0.0218 e. The molecule has 0 spiro atoms. The summed E-state index contributed by atoms with van der Waals surface area (Å²) in [5.41, 5.74) is 0. The van der Waals surface area contributed by atoms with Crippen molar-refractivity contribution in [3.8, 4) is 0 Å². The van der Waals surface area contributed by atoms with E-state index in [1.165, 1.54) is 12.8 Å². The van der Waals surface area contributed by atoms with Gasteiger partial charge in [0.15, 0.2) is 0 Å². The number of hydrogen-bond donors (Lipinski definition) is 1. The van der Waals surface area contributed by atoms with E-state index in [2.05, 4.69) is 45.0 Å². The Morgan fingerprint density at radius 2 is 1.62 bits per heavy atom. The molecule has 0 aromatic rings. The van der Waals surface area contributed by atoms with Gasteiger partial charge < -0.3 is 5.32 Å². The van der Waals surface area contributed by atoms with Gasteiger partial charge in [0.05, 0.1) is 0 Å². The molecule has 0 aliphatic heterocycles. The van der Waals surface area contributed by atoms with Crippen LogP contribution in [-0.2, 0) is 0 Å². The second-order valence-corrected chi connectivity index (χ2v) is 3.95. The predicted molar refractivity (Wildman–Crippen MR) is 60.1 cm³/mol. The third-order valence-corrected chi connectivity index (χ3v) is 3.34. The zero-order valence-electron chi connectivity index (χ0n) is 10.1. The van der Waals surface area contributed by atoms with Gasteiger partial charge in [-0.15, -0.1) is 0 Å². The standard InChI is InChI=1S/C11H26N2/c1-7-11(8-2)13(6)10(4)9(3)12-5/h9-12H,7-8H2,1-6H3. The number of rotatable bonds is 6. The SMILES string of the molecule is CCC(CC)N(C)C(C)C(C)NC. The molecule has 0 radical (unpaired) electrons. The maximum absolute atomic E-state index is 3.31. The molecule has 13 heavy (non-hydrogen) atoms. The first-order valence-electron chi connectivity index (χ1n) is 5.47. The Labute approximate surface area is 83.7 Å². The van der Waals surface area contributed by atoms with Gasteiger partial charge in [-0.25, -0.2) is 0 Å². The molecule has 0 fully saturated rings. The molecule has 0 heterocycles. The molecule has 2 nitrogen and oxygen atoms in total. The molecule has 1 N–H and O–H groups in total. The van der Waals surface area contributed by atoms with Gasteiger partial charge in [-0.3, -0.25) is 4.90 Å². The summed E-state index contributed by atoms with van der Waals surface area (Å²) in [5.74, 6) is 0. The van der Waals surface area contributed by atoms with Crippen molar-refractivity contribution < 1.29 is 0 Å². The highest BCUT2D eigenvalue weighted by Gasteiger charge is 2.20. The molecule has 80 valence electrons. The summed E-state index contributed by atoms with van der Waals surface area (Å²) in [6, 6.07) is 1.89. The van der Waals surface area contributed by atoms with Crippen molar-refractivity contribution in [1.29, 1.82) is 0 Å². The van der Waals surface area contributed by atoms with Crippen LogP contribution in [0, 0.1) is 0 Å². The van der Waals surface area contributed by atoms with Crippen molar-refractivity contribution in [1.82, 2.24) is 10.2 Å². The van der Waals surface area contributed by atoms with Crippen LogP contribution in [0.4, 0.5) is 0 Å². The molecule has 0 aliphatic rings. The number of nitrogens with one attached hydrogen (secondary N) is 1. The lowest BCUT2D eigenvalue weighted by atomic mass is 10.1. The van der Waals surface area contributed by atoms with Gasteiger partial charge in [0.1, 0.15) is 0 Å². The van der Waals surface area contributed by atoms with Crippen LogP contribution in [0.25, 0.3) is 0 Å². The lowest BCUT2D eigenvalue weighted by molar-refractivity contribution is 0.149. The first kappa shape index (κ1) is 12.9. The fourth-order valence-corrected chi connectivity index (χ4v) is 1.79. The molecule has 0 amide bonds. The van der Waals surface area contributed by atoms with E-state index >= 15 is 0 Å². The van der Waals surface area contributed by atoms with Gasteiger partial charge >= 0.3 is 0 Å². The first-order chi connectivity index (χ1) is 6.08. The van der Waals surface area contributed by atoms with Crippen LogP contribution in [0.3, 0.4) is 0 Å². The second-order valence-electron chi connectivity index (χ2n) is 3.95. The van der Waals surface area contributed by atoms with Crippen molar-refractivity contribution in [3.05, 3.63) is 0 Å². The van der Waals surface area contributed by atoms with Crippen molar-refractivity contribution in [2.24, 2.45) is 0 Å². The monoisotopic (exact) mass is 186 g/mol. The highest BCUT2D eigenvalue weighted by Crippen LogP contribution is 2.11. The minimum atomic E-state index is 0.561. The van der Waals surface area contributed by atoms with Gasteiger partial charge in [-0.1, -0.05) is 13.8 Å². The van der Waals surface area contributed by atoms with Crippen molar-refractivity contribution >= 4 is 0 Å². The molecule has 0 saturated heterocycles. The van der Waals surface area contributed by atoms with Crippen LogP contribution in [0.2, 0.25) is 0 Å². The van der Waals surface area contributed by atoms with Gasteiger partial charge in [0, 0.05) is 18.1 Å². The average molecular weight is 186 g/mol. The van der Waals surface area contributed by atoms with Gasteiger partial charge in [0.2, 0.25) is 0 Å². The number of hydrogen-bond acceptors (Lipinski definition) is 2. The summed E-state index contributed by atoms with van der Waals surface area (Å²) in [6.07, 6.45) is 2.49. The molecular formula is C11H26N2. The fourth-order valence-electron chi connectivity index (χ4n) is 1.79. The number of nitrogens with zero attached hydrogens (tertiary/aromatic N) is 1. The van der Waals surface area contributed by atoms with Crippen molar-refractivity contribution in [2.45, 2.75) is 58.7 Å². The summed E-state index contributed by atoms with van der Waals surface area (Å²) in [7, 11) is 4.26. The van der Waals surface area contributed by atoms with Gasteiger partial charge in [0.25, 0.3) is 0 Å². The van der Waals surface area contributed by atoms with E-state index in [9.17, 15) is 0 Å². The van der Waals surface area contributed by atoms with Crippen LogP contribution < -0.4 is 5.32 Å². The normalized spacial score (nSPS) is 16.6. The summed E-state index contributed by atoms with van der Waals surface area (Å²) >= 11 is 0. The fraction of sp³-hybridized carbons (Fsp3) is 1.00. The van der Waals surface area contributed by atoms with Crippen molar-refractivity contribution in [2.75, 3.05) is 14.1 Å². The predicted octanol–water partition coefficient (Wildman–Crippen LogP) is 2.10. The van der Waals surface area contributed by atoms with E-state index in [0.29, 0.717) is 12.1 Å². The Morgan fingerprint density at radius 1 is 1.15 bits per heavy atom. The molecule has 2 unspecified atom stereocenters. The van der Waals surface area contributed by atoms with Crippen molar-refractivity contribution in [3.63, 3.8) is 0 Å². The molecule has 0 aromatic heterocycles. The van der Waals surface area contributed by atoms with E-state index < -0.39 is 0 Å². The van der Waals surface area contributed by atoms with Crippen LogP contribution in [0.15, 0.2) is 0 Å². The molecule has 0 rings (SSSR count). The molecular weight excluding hydrogens is 160 g/mol. The van der Waals surface area contributed by atoms with E-state index in [-0.39, 0.29) is 0 Å². The number of likely N-dealkylation sites (N-methyl/N-ethyl adjacent to an activating group) is 2. The summed E-state index contributed by atoms with van der Waals surface area (Å²) in [4.78, 5) is 2.49. The topological polar surface area (TPSA) is 15.3 Å². The van der Waals surface area contributed by atoms with E-state index in [1.54, 1.807) is 0 Å². The van der Waals surface area contributed by atoms with Gasteiger partial charge in [-0.2, -0.15) is 0 Å². The van der Waals surface area contributed by atoms with Crippen LogP contribution in [-0.4, -0.2) is 37.1 Å². The zero-order chi connectivity index (χ0) is 10.4. The maximum Gasteiger partial charge on any atom is 0.0218 e. The summed E-state index contributed by atoms with van der Waals surface area (Å²) in [6.45, 7) is 9.06. The summed E-state index contributed by atoms with van der Waals surface area (Å²) in [5, 5.41) is 3.31. The highest BCUT2D eigenvalue weighted by atomic mass is 15.2. The molecule has 2 atom stereocenters. The highest BCUT2D eigenvalue weighted by molar-refractivity contribution is 4.78. The first-order valence-corrected chi connectivity index (χ1v) is 5.47. The lowest BCUT2D eigenvalue weighted by Crippen LogP contribution is -2.47. The second kappa shape index (κ2) is 6.39. The quantitative estimate of drug-likeness (QED) is 0.683. The Morgan fingerprint density at radius 3 is 1.92 bits per heavy atom. The Balaban J connectivity index is 4.13. The Bertz CT molecular complexity index is 121. The minimum Gasteiger partial charge on any atom is -0.316 e. The van der Waals surface area contributed by atoms with E-state index in [4.69, 9.17) is 0 Å². The largest absolute Gasteiger partial charge is 0.316 e. The third kappa shape index (κ3) is 3.65. The Hall–Kier alpha value is -0.0800. The molecule has 0 aliphatic carbocycles. The Kier molecular flexibility index (Phi) is 6.35. The molecule has 2 heteroatoms. The lowest BCUT2D eigenvalue weighted by Gasteiger charge is -2.35. The molecule has 0 saturated carbocycles. The van der Waals surface area contributed by atoms with Gasteiger partial charge in [-0.05, 0) is 40.8 Å².